The molecule has 1 N–H and O–H groups in total. The zero-order chi connectivity index (χ0) is 10.8. The van der Waals surface area contributed by atoms with E-state index in [1.165, 1.54) is 0 Å². The summed E-state index contributed by atoms with van der Waals surface area (Å²) in [6.45, 7) is 6.08. The number of carbonyl (C=O) groups excluding carboxylic acids is 1. The lowest BCUT2D eigenvalue weighted by Gasteiger charge is -2.38. The predicted octanol–water partition coefficient (Wildman–Crippen LogP) is 2.57. The van der Waals surface area contributed by atoms with Crippen LogP contribution in [0, 0.1) is 5.92 Å². The van der Waals surface area contributed by atoms with E-state index in [0.29, 0.717) is 6.42 Å². The molecule has 1 heterocycles. The van der Waals surface area contributed by atoms with Crippen LogP contribution in [0.1, 0.15) is 40.0 Å². The van der Waals surface area contributed by atoms with E-state index in [1.807, 2.05) is 20.8 Å². The van der Waals surface area contributed by atoms with Crippen molar-refractivity contribution in [1.82, 2.24) is 0 Å². The third kappa shape index (κ3) is 2.08. The first-order chi connectivity index (χ1) is 6.50. The molecule has 0 aromatic rings. The van der Waals surface area contributed by atoms with Crippen LogP contribution in [0.4, 0.5) is 0 Å². The number of hydrogen-bond acceptors (Lipinski definition) is 3. The van der Waals surface area contributed by atoms with E-state index < -0.39 is 11.6 Å². The maximum Gasteiger partial charge on any atom is 0.334 e. The number of aliphatic hydroxyl groups is 1. The normalized spacial score (nSPS) is 27.4. The molecule has 0 aromatic carbocycles. The minimum atomic E-state index is -0.495. The summed E-state index contributed by atoms with van der Waals surface area (Å²) >= 11 is 0. The maximum atomic E-state index is 11.2. The predicted molar refractivity (Wildman–Crippen MR) is 53.9 cm³/mol. The Labute approximate surface area is 84.8 Å². The SMILES string of the molecule is CCCC1(C(C)C)CC(O)=CC(=O)O1. The lowest BCUT2D eigenvalue weighted by atomic mass is 9.81. The molecule has 80 valence electrons. The van der Waals surface area contributed by atoms with Gasteiger partial charge in [0, 0.05) is 6.42 Å². The van der Waals surface area contributed by atoms with Crippen LogP contribution in [0.15, 0.2) is 11.8 Å². The van der Waals surface area contributed by atoms with Crippen molar-refractivity contribution in [1.29, 1.82) is 0 Å². The van der Waals surface area contributed by atoms with Gasteiger partial charge in [-0.2, -0.15) is 0 Å². The van der Waals surface area contributed by atoms with Crippen molar-refractivity contribution in [2.45, 2.75) is 45.6 Å². The van der Waals surface area contributed by atoms with Crippen molar-refractivity contribution in [3.05, 3.63) is 11.8 Å². The summed E-state index contributed by atoms with van der Waals surface area (Å²) < 4.78 is 5.37. The molecule has 3 nitrogen and oxygen atoms in total. The molecule has 0 bridgehead atoms. The number of rotatable bonds is 3. The zero-order valence-corrected chi connectivity index (χ0v) is 9.04. The van der Waals surface area contributed by atoms with Crippen LogP contribution in [0.5, 0.6) is 0 Å². The second-order valence-corrected chi connectivity index (χ2v) is 4.20. The number of hydrogen-bond donors (Lipinski definition) is 1. The number of ether oxygens (including phenoxy) is 1. The summed E-state index contributed by atoms with van der Waals surface area (Å²) in [4.78, 5) is 11.2. The van der Waals surface area contributed by atoms with Crippen molar-refractivity contribution >= 4 is 5.97 Å². The summed E-state index contributed by atoms with van der Waals surface area (Å²) in [5.41, 5.74) is -0.495. The summed E-state index contributed by atoms with van der Waals surface area (Å²) in [6.07, 6.45) is 3.35. The minimum absolute atomic E-state index is 0.142. The van der Waals surface area contributed by atoms with Crippen LogP contribution in [0.2, 0.25) is 0 Å². The second-order valence-electron chi connectivity index (χ2n) is 4.20. The van der Waals surface area contributed by atoms with Crippen LogP contribution < -0.4 is 0 Å². The largest absolute Gasteiger partial charge is 0.512 e. The lowest BCUT2D eigenvalue weighted by Crippen LogP contribution is -2.42. The zero-order valence-electron chi connectivity index (χ0n) is 9.04. The van der Waals surface area contributed by atoms with Gasteiger partial charge in [0.25, 0.3) is 0 Å². The molecular weight excluding hydrogens is 180 g/mol. The van der Waals surface area contributed by atoms with Gasteiger partial charge in [0.05, 0.1) is 6.08 Å². The van der Waals surface area contributed by atoms with E-state index in [0.717, 1.165) is 18.9 Å². The van der Waals surface area contributed by atoms with Gasteiger partial charge in [-0.25, -0.2) is 4.79 Å². The Morgan fingerprint density at radius 2 is 2.29 bits per heavy atom. The van der Waals surface area contributed by atoms with Gasteiger partial charge in [0.2, 0.25) is 0 Å². The third-order valence-corrected chi connectivity index (χ3v) is 2.79. The lowest BCUT2D eigenvalue weighted by molar-refractivity contribution is -0.164. The number of aliphatic hydroxyl groups excluding tert-OH is 1. The Kier molecular flexibility index (Phi) is 3.19. The van der Waals surface area contributed by atoms with E-state index in [9.17, 15) is 9.90 Å². The van der Waals surface area contributed by atoms with E-state index in [4.69, 9.17) is 4.74 Å². The highest BCUT2D eigenvalue weighted by atomic mass is 16.6. The summed E-state index contributed by atoms with van der Waals surface area (Å²) in [5, 5.41) is 9.45. The second kappa shape index (κ2) is 4.03. The third-order valence-electron chi connectivity index (χ3n) is 2.79. The summed E-state index contributed by atoms with van der Waals surface area (Å²) in [7, 11) is 0. The Bertz CT molecular complexity index is 255. The average Bonchev–Trinajstić information content (AvgIpc) is 2.02. The molecule has 0 aromatic heterocycles. The van der Waals surface area contributed by atoms with Gasteiger partial charge in [-0.3, -0.25) is 0 Å². The molecule has 3 heteroatoms. The quantitative estimate of drug-likeness (QED) is 0.709. The fourth-order valence-corrected chi connectivity index (χ4v) is 1.93. The van der Waals surface area contributed by atoms with E-state index in [-0.39, 0.29) is 11.7 Å². The molecule has 0 fully saturated rings. The highest BCUT2D eigenvalue weighted by Gasteiger charge is 2.40. The Morgan fingerprint density at radius 1 is 1.64 bits per heavy atom. The van der Waals surface area contributed by atoms with Gasteiger partial charge < -0.3 is 9.84 Å². The molecule has 1 rings (SSSR count). The monoisotopic (exact) mass is 198 g/mol. The molecule has 1 aliphatic rings. The Morgan fingerprint density at radius 3 is 2.71 bits per heavy atom. The van der Waals surface area contributed by atoms with Crippen molar-refractivity contribution in [3.8, 4) is 0 Å². The van der Waals surface area contributed by atoms with Crippen LogP contribution in [-0.2, 0) is 9.53 Å². The standard InChI is InChI=1S/C11H18O3/c1-4-5-11(8(2)3)7-9(12)6-10(13)14-11/h6,8,12H,4-5,7H2,1-3H3. The van der Waals surface area contributed by atoms with Crippen molar-refractivity contribution in [2.24, 2.45) is 5.92 Å². The van der Waals surface area contributed by atoms with Crippen LogP contribution >= 0.6 is 0 Å². The molecule has 0 amide bonds. The molecule has 0 aliphatic carbocycles. The van der Waals surface area contributed by atoms with E-state index in [1.54, 1.807) is 0 Å². The van der Waals surface area contributed by atoms with Crippen LogP contribution in [0.3, 0.4) is 0 Å². The molecule has 0 spiro atoms. The minimum Gasteiger partial charge on any atom is -0.512 e. The number of esters is 1. The fraction of sp³-hybridized carbons (Fsp3) is 0.727. The average molecular weight is 198 g/mol. The van der Waals surface area contributed by atoms with Crippen molar-refractivity contribution in [3.63, 3.8) is 0 Å². The van der Waals surface area contributed by atoms with Crippen LogP contribution in [-0.4, -0.2) is 16.7 Å². The maximum absolute atomic E-state index is 11.2. The molecule has 1 atom stereocenters. The van der Waals surface area contributed by atoms with E-state index in [2.05, 4.69) is 0 Å². The Hall–Kier alpha value is -0.990. The summed E-state index contributed by atoms with van der Waals surface area (Å²) in [6, 6.07) is 0. The highest BCUT2D eigenvalue weighted by molar-refractivity contribution is 5.83. The fourth-order valence-electron chi connectivity index (χ4n) is 1.93. The highest BCUT2D eigenvalue weighted by Crippen LogP contribution is 2.36. The van der Waals surface area contributed by atoms with Gasteiger partial charge in [-0.05, 0) is 12.3 Å². The summed E-state index contributed by atoms with van der Waals surface area (Å²) in [5.74, 6) is -0.0541. The van der Waals surface area contributed by atoms with Crippen LogP contribution in [0.25, 0.3) is 0 Å². The van der Waals surface area contributed by atoms with Gasteiger partial charge in [-0.15, -0.1) is 0 Å². The first-order valence-electron chi connectivity index (χ1n) is 5.12. The Balaban J connectivity index is 2.90. The molecule has 0 saturated heterocycles. The van der Waals surface area contributed by atoms with Gasteiger partial charge in [0.1, 0.15) is 11.4 Å². The van der Waals surface area contributed by atoms with Crippen molar-refractivity contribution < 1.29 is 14.6 Å². The van der Waals surface area contributed by atoms with Gasteiger partial charge in [0.15, 0.2) is 0 Å². The number of cyclic esters (lactones) is 1. The topological polar surface area (TPSA) is 46.5 Å². The van der Waals surface area contributed by atoms with Gasteiger partial charge in [-0.1, -0.05) is 27.2 Å². The number of carbonyl (C=O) groups is 1. The first-order valence-corrected chi connectivity index (χ1v) is 5.12. The molecule has 14 heavy (non-hydrogen) atoms. The molecule has 1 aliphatic heterocycles. The van der Waals surface area contributed by atoms with Crippen molar-refractivity contribution in [2.75, 3.05) is 0 Å². The molecule has 0 saturated carbocycles. The smallest absolute Gasteiger partial charge is 0.334 e. The first kappa shape index (κ1) is 11.1. The molecule has 1 unspecified atom stereocenters. The van der Waals surface area contributed by atoms with E-state index >= 15 is 0 Å². The van der Waals surface area contributed by atoms with Gasteiger partial charge >= 0.3 is 5.97 Å². The molecular formula is C11H18O3. The molecule has 0 radical (unpaired) electrons.